The number of para-hydroxylation sites is 1. The number of hydrogen-bond acceptors (Lipinski definition) is 6. The predicted molar refractivity (Wildman–Crippen MR) is 135 cm³/mol. The summed E-state index contributed by atoms with van der Waals surface area (Å²) in [6.07, 6.45) is 2.66. The van der Waals surface area contributed by atoms with Gasteiger partial charge in [0, 0.05) is 7.05 Å². The van der Waals surface area contributed by atoms with Crippen LogP contribution >= 0.6 is 11.6 Å². The first-order valence-corrected chi connectivity index (χ1v) is 13.5. The molecule has 9 heteroatoms. The number of carbonyl (C=O) groups excluding carboxylic acids is 2. The minimum atomic E-state index is -3.96. The molecule has 0 aromatic heterocycles. The van der Waals surface area contributed by atoms with Crippen molar-refractivity contribution >= 4 is 39.3 Å². The maximum Gasteiger partial charge on any atom is 0.344 e. The van der Waals surface area contributed by atoms with Crippen LogP contribution in [0.4, 0.5) is 5.69 Å². The standard InChI is InChI=1S/C26H32ClNO6S/c1-17(2)21-12-10-18(3)14-24(21)34-25(29)16-33-26(30)22-15-20(11-13-23(22)27)35(31,32)28(4)19-8-6-5-7-9-19/h5-9,11,13,15,17-18,21,24H,10,12,14,16H2,1-4H3/t18-,21+,24-/m1/s1. The van der Waals surface area contributed by atoms with E-state index >= 15 is 0 Å². The fraction of sp³-hybridized carbons (Fsp3) is 0.462. The Morgan fingerprint density at radius 3 is 2.46 bits per heavy atom. The molecule has 2 aromatic rings. The molecule has 190 valence electrons. The first-order valence-electron chi connectivity index (χ1n) is 11.7. The molecule has 3 rings (SSSR count). The molecule has 0 bridgehead atoms. The molecule has 1 aliphatic rings. The second-order valence-corrected chi connectivity index (χ2v) is 11.8. The Labute approximate surface area is 212 Å². The molecule has 1 aliphatic carbocycles. The SMILES string of the molecule is CC(C)[C@@H]1CC[C@@H](C)C[C@H]1OC(=O)COC(=O)c1cc(S(=O)(=O)N(C)c2ccccc2)ccc1Cl. The van der Waals surface area contributed by atoms with E-state index in [1.54, 1.807) is 30.3 Å². The molecule has 0 saturated heterocycles. The highest BCUT2D eigenvalue weighted by Gasteiger charge is 2.33. The zero-order valence-corrected chi connectivity index (χ0v) is 22.0. The third-order valence-electron chi connectivity index (χ3n) is 6.50. The van der Waals surface area contributed by atoms with Crippen molar-refractivity contribution in [1.82, 2.24) is 0 Å². The quantitative estimate of drug-likeness (QED) is 0.436. The van der Waals surface area contributed by atoms with Crippen molar-refractivity contribution < 1.29 is 27.5 Å². The summed E-state index contributed by atoms with van der Waals surface area (Å²) in [5.74, 6) is -0.428. The average Bonchev–Trinajstić information content (AvgIpc) is 2.82. The van der Waals surface area contributed by atoms with E-state index in [-0.39, 0.29) is 27.5 Å². The van der Waals surface area contributed by atoms with Gasteiger partial charge in [0.05, 0.1) is 21.2 Å². The molecule has 0 spiro atoms. The Morgan fingerprint density at radius 1 is 1.11 bits per heavy atom. The summed E-state index contributed by atoms with van der Waals surface area (Å²) in [7, 11) is -2.54. The number of hydrogen-bond donors (Lipinski definition) is 0. The Kier molecular flexibility index (Phi) is 8.83. The molecule has 0 heterocycles. The Hall–Kier alpha value is -2.58. The number of rotatable bonds is 8. The van der Waals surface area contributed by atoms with Gasteiger partial charge in [0.25, 0.3) is 10.0 Å². The van der Waals surface area contributed by atoms with E-state index < -0.39 is 28.6 Å². The Bertz CT molecular complexity index is 1150. The normalized spacial score (nSPS) is 20.3. The van der Waals surface area contributed by atoms with Crippen LogP contribution < -0.4 is 4.31 Å². The number of carbonyl (C=O) groups is 2. The monoisotopic (exact) mass is 521 g/mol. The number of esters is 2. The van der Waals surface area contributed by atoms with E-state index in [1.165, 1.54) is 19.2 Å². The van der Waals surface area contributed by atoms with Crippen LogP contribution in [0.25, 0.3) is 0 Å². The van der Waals surface area contributed by atoms with Crippen molar-refractivity contribution in [2.45, 2.75) is 51.0 Å². The fourth-order valence-corrected chi connectivity index (χ4v) is 5.83. The zero-order chi connectivity index (χ0) is 25.8. The highest BCUT2D eigenvalue weighted by Crippen LogP contribution is 2.35. The van der Waals surface area contributed by atoms with Gasteiger partial charge < -0.3 is 9.47 Å². The van der Waals surface area contributed by atoms with Gasteiger partial charge in [0.1, 0.15) is 6.10 Å². The maximum absolute atomic E-state index is 13.1. The number of nitrogens with zero attached hydrogens (tertiary/aromatic N) is 1. The predicted octanol–water partition coefficient (Wildman–Crippen LogP) is 5.33. The van der Waals surface area contributed by atoms with Gasteiger partial charge in [-0.25, -0.2) is 18.0 Å². The minimum absolute atomic E-state index is 0.0191. The van der Waals surface area contributed by atoms with Gasteiger partial charge in [-0.2, -0.15) is 0 Å². The van der Waals surface area contributed by atoms with E-state index in [4.69, 9.17) is 21.1 Å². The van der Waals surface area contributed by atoms with E-state index in [1.807, 2.05) is 0 Å². The van der Waals surface area contributed by atoms with Crippen molar-refractivity contribution in [1.29, 1.82) is 0 Å². The molecule has 0 N–H and O–H groups in total. The summed E-state index contributed by atoms with van der Waals surface area (Å²) in [4.78, 5) is 25.0. The van der Waals surface area contributed by atoms with Gasteiger partial charge >= 0.3 is 11.9 Å². The van der Waals surface area contributed by atoms with Crippen LogP contribution in [0.5, 0.6) is 0 Å². The molecular formula is C26H32ClNO6S. The lowest BCUT2D eigenvalue weighted by molar-refractivity contribution is -0.159. The molecule has 1 saturated carbocycles. The lowest BCUT2D eigenvalue weighted by atomic mass is 9.75. The summed E-state index contributed by atoms with van der Waals surface area (Å²) in [6.45, 7) is 5.78. The summed E-state index contributed by atoms with van der Waals surface area (Å²) >= 11 is 6.15. The average molecular weight is 522 g/mol. The van der Waals surface area contributed by atoms with E-state index in [9.17, 15) is 18.0 Å². The van der Waals surface area contributed by atoms with Crippen molar-refractivity contribution in [3.63, 3.8) is 0 Å². The van der Waals surface area contributed by atoms with Gasteiger partial charge in [0.2, 0.25) is 0 Å². The molecule has 1 fully saturated rings. The highest BCUT2D eigenvalue weighted by molar-refractivity contribution is 7.92. The van der Waals surface area contributed by atoms with Crippen molar-refractivity contribution in [2.24, 2.45) is 17.8 Å². The van der Waals surface area contributed by atoms with Crippen molar-refractivity contribution in [3.05, 3.63) is 59.1 Å². The van der Waals surface area contributed by atoms with E-state index in [0.29, 0.717) is 17.5 Å². The number of benzene rings is 2. The second-order valence-electron chi connectivity index (χ2n) is 9.38. The molecule has 0 radical (unpaired) electrons. The molecule has 0 amide bonds. The lowest BCUT2D eigenvalue weighted by Gasteiger charge is -2.36. The number of sulfonamides is 1. The molecule has 0 aliphatic heterocycles. The van der Waals surface area contributed by atoms with Gasteiger partial charge in [-0.3, -0.25) is 4.31 Å². The molecule has 7 nitrogen and oxygen atoms in total. The molecule has 2 aromatic carbocycles. The summed E-state index contributed by atoms with van der Waals surface area (Å²) in [5.41, 5.74) is 0.319. The first kappa shape index (κ1) is 27.0. The number of halogens is 1. The Morgan fingerprint density at radius 2 is 1.80 bits per heavy atom. The maximum atomic E-state index is 13.1. The number of ether oxygens (including phenoxy) is 2. The number of anilines is 1. The van der Waals surface area contributed by atoms with Gasteiger partial charge in [0.15, 0.2) is 6.61 Å². The minimum Gasteiger partial charge on any atom is -0.460 e. The molecule has 3 atom stereocenters. The smallest absolute Gasteiger partial charge is 0.344 e. The van der Waals surface area contributed by atoms with E-state index in [2.05, 4.69) is 20.8 Å². The van der Waals surface area contributed by atoms with Gasteiger partial charge in [-0.1, -0.05) is 57.0 Å². The third-order valence-corrected chi connectivity index (χ3v) is 8.61. The van der Waals surface area contributed by atoms with Gasteiger partial charge in [-0.15, -0.1) is 0 Å². The zero-order valence-electron chi connectivity index (χ0n) is 20.4. The van der Waals surface area contributed by atoms with Crippen LogP contribution in [0.3, 0.4) is 0 Å². The van der Waals surface area contributed by atoms with Crippen LogP contribution in [-0.2, 0) is 24.3 Å². The summed E-state index contributed by atoms with van der Waals surface area (Å²) < 4.78 is 38.1. The first-order chi connectivity index (χ1) is 16.5. The van der Waals surface area contributed by atoms with Crippen LogP contribution in [-0.4, -0.2) is 40.1 Å². The Balaban J connectivity index is 1.68. The molecule has 0 unspecified atom stereocenters. The van der Waals surface area contributed by atoms with Crippen LogP contribution in [0.15, 0.2) is 53.4 Å². The lowest BCUT2D eigenvalue weighted by Crippen LogP contribution is -2.36. The summed E-state index contributed by atoms with van der Waals surface area (Å²) in [5, 5.41) is 0.0191. The van der Waals surface area contributed by atoms with Crippen LogP contribution in [0.2, 0.25) is 5.02 Å². The van der Waals surface area contributed by atoms with Crippen molar-refractivity contribution in [2.75, 3.05) is 18.0 Å². The largest absolute Gasteiger partial charge is 0.460 e. The van der Waals surface area contributed by atoms with Crippen LogP contribution in [0.1, 0.15) is 50.4 Å². The van der Waals surface area contributed by atoms with E-state index in [0.717, 1.165) is 29.6 Å². The van der Waals surface area contributed by atoms with Crippen LogP contribution in [0, 0.1) is 17.8 Å². The highest BCUT2D eigenvalue weighted by atomic mass is 35.5. The molecular weight excluding hydrogens is 490 g/mol. The summed E-state index contributed by atoms with van der Waals surface area (Å²) in [6, 6.07) is 12.3. The fourth-order valence-electron chi connectivity index (χ4n) is 4.41. The third kappa shape index (κ3) is 6.55. The van der Waals surface area contributed by atoms with Gasteiger partial charge in [-0.05, 0) is 60.9 Å². The second kappa shape index (κ2) is 11.4. The van der Waals surface area contributed by atoms with Crippen molar-refractivity contribution in [3.8, 4) is 0 Å². The topological polar surface area (TPSA) is 90.0 Å². The molecule has 35 heavy (non-hydrogen) atoms.